The van der Waals surface area contributed by atoms with Gasteiger partial charge in [-0.2, -0.15) is 0 Å². The van der Waals surface area contributed by atoms with E-state index in [9.17, 15) is 18.0 Å². The highest BCUT2D eigenvalue weighted by atomic mass is 35.5. The molecule has 7 nitrogen and oxygen atoms in total. The number of rotatable bonds is 10. The van der Waals surface area contributed by atoms with Crippen molar-refractivity contribution in [3.63, 3.8) is 0 Å². The van der Waals surface area contributed by atoms with Gasteiger partial charge in [-0.3, -0.25) is 13.9 Å². The largest absolute Gasteiger partial charge is 0.350 e. The summed E-state index contributed by atoms with van der Waals surface area (Å²) in [5.74, 6) is -0.818. The number of carbonyl (C=O) groups is 2. The van der Waals surface area contributed by atoms with Gasteiger partial charge in [-0.05, 0) is 69.5 Å². The van der Waals surface area contributed by atoms with E-state index in [4.69, 9.17) is 11.6 Å². The number of anilines is 1. The molecule has 1 unspecified atom stereocenters. The number of amides is 2. The van der Waals surface area contributed by atoms with Gasteiger partial charge in [-0.25, -0.2) is 8.42 Å². The summed E-state index contributed by atoms with van der Waals surface area (Å²) in [7, 11) is -3.83. The fourth-order valence-corrected chi connectivity index (χ4v) is 5.51. The Morgan fingerprint density at radius 2 is 1.55 bits per heavy atom. The van der Waals surface area contributed by atoms with Crippen molar-refractivity contribution >= 4 is 39.1 Å². The van der Waals surface area contributed by atoms with Gasteiger partial charge in [0.2, 0.25) is 21.8 Å². The number of carbonyl (C=O) groups excluding carboxylic acids is 2. The first-order valence-electron chi connectivity index (χ1n) is 13.1. The van der Waals surface area contributed by atoms with Crippen LogP contribution in [0.25, 0.3) is 0 Å². The average Bonchev–Trinajstić information content (AvgIpc) is 2.85. The average molecular weight is 584 g/mol. The van der Waals surface area contributed by atoms with E-state index < -0.39 is 34.1 Å². The van der Waals surface area contributed by atoms with Crippen LogP contribution in [0.2, 0.25) is 5.02 Å². The van der Waals surface area contributed by atoms with E-state index in [-0.39, 0.29) is 18.9 Å². The summed E-state index contributed by atoms with van der Waals surface area (Å²) < 4.78 is 27.0. The van der Waals surface area contributed by atoms with Gasteiger partial charge in [0.05, 0.1) is 11.9 Å². The minimum absolute atomic E-state index is 0.0928. The zero-order valence-corrected chi connectivity index (χ0v) is 25.5. The highest BCUT2D eigenvalue weighted by Gasteiger charge is 2.34. The van der Waals surface area contributed by atoms with Crippen molar-refractivity contribution in [3.05, 3.63) is 100 Å². The molecule has 0 aliphatic heterocycles. The number of nitrogens with one attached hydrogen (secondary N) is 1. The highest BCUT2D eigenvalue weighted by Crippen LogP contribution is 2.25. The third kappa shape index (κ3) is 8.83. The van der Waals surface area contributed by atoms with E-state index in [0.29, 0.717) is 10.7 Å². The van der Waals surface area contributed by atoms with Crippen molar-refractivity contribution in [2.24, 2.45) is 0 Å². The van der Waals surface area contributed by atoms with Gasteiger partial charge in [0.1, 0.15) is 12.6 Å². The fourth-order valence-electron chi connectivity index (χ4n) is 4.47. The van der Waals surface area contributed by atoms with Gasteiger partial charge in [0.25, 0.3) is 0 Å². The topological polar surface area (TPSA) is 86.8 Å². The zero-order chi connectivity index (χ0) is 29.7. The Morgan fingerprint density at radius 1 is 0.925 bits per heavy atom. The second-order valence-electron chi connectivity index (χ2n) is 11.2. The molecule has 2 amide bonds. The second-order valence-corrected chi connectivity index (χ2v) is 13.5. The maximum Gasteiger partial charge on any atom is 0.244 e. The molecule has 0 saturated carbocycles. The lowest BCUT2D eigenvalue weighted by Gasteiger charge is -2.35. The summed E-state index contributed by atoms with van der Waals surface area (Å²) in [6.07, 6.45) is 1.33. The molecule has 0 heterocycles. The van der Waals surface area contributed by atoms with E-state index in [0.717, 1.165) is 32.8 Å². The number of benzene rings is 3. The predicted molar refractivity (Wildman–Crippen MR) is 162 cm³/mol. The predicted octanol–water partition coefficient (Wildman–Crippen LogP) is 5.28. The van der Waals surface area contributed by atoms with Crippen molar-refractivity contribution < 1.29 is 18.0 Å². The lowest BCUT2D eigenvalue weighted by molar-refractivity contribution is -0.140. The van der Waals surface area contributed by atoms with E-state index in [2.05, 4.69) is 5.32 Å². The third-order valence-electron chi connectivity index (χ3n) is 6.34. The van der Waals surface area contributed by atoms with E-state index >= 15 is 0 Å². The summed E-state index contributed by atoms with van der Waals surface area (Å²) in [5.41, 5.74) is 3.22. The van der Waals surface area contributed by atoms with Gasteiger partial charge in [0, 0.05) is 23.5 Å². The van der Waals surface area contributed by atoms with Crippen molar-refractivity contribution in [2.75, 3.05) is 17.1 Å². The molecule has 0 spiro atoms. The molecule has 0 fully saturated rings. The maximum absolute atomic E-state index is 14.1. The summed E-state index contributed by atoms with van der Waals surface area (Å²) in [5, 5.41) is 3.56. The molecule has 0 aliphatic carbocycles. The first-order chi connectivity index (χ1) is 18.6. The molecular formula is C31H38ClN3O4S. The Labute approximate surface area is 243 Å². The van der Waals surface area contributed by atoms with Gasteiger partial charge in [-0.15, -0.1) is 0 Å². The second kappa shape index (κ2) is 12.9. The van der Waals surface area contributed by atoms with E-state index in [1.165, 1.54) is 4.90 Å². The number of halogens is 1. The molecule has 3 aromatic carbocycles. The summed E-state index contributed by atoms with van der Waals surface area (Å²) in [6, 6.07) is 21.0. The van der Waals surface area contributed by atoms with Crippen LogP contribution in [0.5, 0.6) is 0 Å². The van der Waals surface area contributed by atoms with Crippen molar-refractivity contribution in [1.29, 1.82) is 0 Å². The Morgan fingerprint density at radius 3 is 2.10 bits per heavy atom. The Hall–Kier alpha value is -3.36. The maximum atomic E-state index is 14.1. The van der Waals surface area contributed by atoms with Gasteiger partial charge < -0.3 is 10.2 Å². The molecule has 214 valence electrons. The number of hydrogen-bond acceptors (Lipinski definition) is 4. The normalized spacial score (nSPS) is 12.5. The SMILES string of the molecule is Cc1ccc(N(CC(=O)N(Cc2ccc(Cl)cc2)C(Cc2ccccc2)C(=O)NC(C)(C)C)S(C)(=O)=O)c(C)c1. The minimum Gasteiger partial charge on any atom is -0.350 e. The molecule has 0 saturated heterocycles. The smallest absolute Gasteiger partial charge is 0.244 e. The number of sulfonamides is 1. The fraction of sp³-hybridized carbons (Fsp3) is 0.355. The first kappa shape index (κ1) is 31.2. The zero-order valence-electron chi connectivity index (χ0n) is 23.9. The monoisotopic (exact) mass is 583 g/mol. The molecule has 9 heteroatoms. The molecule has 0 bridgehead atoms. The molecule has 3 aromatic rings. The summed E-state index contributed by atoms with van der Waals surface area (Å²) in [6.45, 7) is 9.00. The van der Waals surface area contributed by atoms with Gasteiger partial charge in [0.15, 0.2) is 0 Å². The molecule has 0 aliphatic rings. The lowest BCUT2D eigenvalue weighted by Crippen LogP contribution is -2.56. The summed E-state index contributed by atoms with van der Waals surface area (Å²) in [4.78, 5) is 29.3. The van der Waals surface area contributed by atoms with Crippen LogP contribution in [0.1, 0.15) is 43.0 Å². The number of aryl methyl sites for hydroxylation is 2. The quantitative estimate of drug-likeness (QED) is 0.352. The molecule has 1 atom stereocenters. The van der Waals surface area contributed by atoms with Crippen LogP contribution in [0, 0.1) is 13.8 Å². The van der Waals surface area contributed by atoms with Crippen LogP contribution in [0.15, 0.2) is 72.8 Å². The Kier molecular flexibility index (Phi) is 10.0. The minimum atomic E-state index is -3.83. The third-order valence-corrected chi connectivity index (χ3v) is 7.71. The molecule has 0 aromatic heterocycles. The van der Waals surface area contributed by atoms with Crippen molar-refractivity contribution in [2.45, 2.75) is 59.2 Å². The lowest BCUT2D eigenvalue weighted by atomic mass is 10.0. The van der Waals surface area contributed by atoms with E-state index in [1.54, 1.807) is 30.3 Å². The van der Waals surface area contributed by atoms with Crippen LogP contribution in [0.4, 0.5) is 5.69 Å². The summed E-state index contributed by atoms with van der Waals surface area (Å²) >= 11 is 6.10. The molecule has 40 heavy (non-hydrogen) atoms. The van der Waals surface area contributed by atoms with Gasteiger partial charge in [-0.1, -0.05) is 71.8 Å². The van der Waals surface area contributed by atoms with Crippen LogP contribution in [-0.4, -0.2) is 49.5 Å². The molecule has 1 N–H and O–H groups in total. The molecule has 3 rings (SSSR count). The van der Waals surface area contributed by atoms with Crippen LogP contribution in [0.3, 0.4) is 0 Å². The van der Waals surface area contributed by atoms with Gasteiger partial charge >= 0.3 is 0 Å². The number of hydrogen-bond donors (Lipinski definition) is 1. The standard InChI is InChI=1S/C31H38ClN3O4S/c1-22-12-17-27(23(2)18-22)35(40(6,38)39)21-29(36)34(20-25-13-15-26(32)16-14-25)28(30(37)33-31(3,4)5)19-24-10-8-7-9-11-24/h7-18,28H,19-21H2,1-6H3,(H,33,37). The van der Waals surface area contributed by atoms with Crippen molar-refractivity contribution in [3.8, 4) is 0 Å². The highest BCUT2D eigenvalue weighted by molar-refractivity contribution is 7.92. The molecular weight excluding hydrogens is 546 g/mol. The Balaban J connectivity index is 2.09. The number of nitrogens with zero attached hydrogens (tertiary/aromatic N) is 2. The van der Waals surface area contributed by atoms with Crippen LogP contribution in [-0.2, 0) is 32.6 Å². The van der Waals surface area contributed by atoms with Crippen molar-refractivity contribution in [1.82, 2.24) is 10.2 Å². The first-order valence-corrected chi connectivity index (χ1v) is 15.3. The molecule has 0 radical (unpaired) electrons. The van der Waals surface area contributed by atoms with E-state index in [1.807, 2.05) is 77.1 Å². The Bertz CT molecular complexity index is 1440. The van der Waals surface area contributed by atoms with Crippen LogP contribution < -0.4 is 9.62 Å². The van der Waals surface area contributed by atoms with Crippen LogP contribution >= 0.6 is 11.6 Å².